The van der Waals surface area contributed by atoms with E-state index < -0.39 is 17.5 Å². The lowest BCUT2D eigenvalue weighted by molar-refractivity contribution is -0.137. The monoisotopic (exact) mass is 417 g/mol. The predicted octanol–water partition coefficient (Wildman–Crippen LogP) is 1.19. The zero-order chi connectivity index (χ0) is 22.2. The number of amides is 1. The van der Waals surface area contributed by atoms with Crippen molar-refractivity contribution in [1.82, 2.24) is 24.4 Å². The molecule has 1 aliphatic heterocycles. The summed E-state index contributed by atoms with van der Waals surface area (Å²) < 4.78 is 1.73. The van der Waals surface area contributed by atoms with Crippen molar-refractivity contribution in [2.45, 2.75) is 12.0 Å². The van der Waals surface area contributed by atoms with Crippen LogP contribution in [0.5, 0.6) is 0 Å². The zero-order valence-electron chi connectivity index (χ0n) is 16.9. The molecule has 1 atom stereocenters. The first kappa shape index (κ1) is 20.3. The summed E-state index contributed by atoms with van der Waals surface area (Å²) in [5, 5.41) is 20.0. The van der Waals surface area contributed by atoms with Gasteiger partial charge in [-0.15, -0.1) is 0 Å². The first-order valence-corrected chi connectivity index (χ1v) is 9.47. The Hall–Kier alpha value is -4.03. The third kappa shape index (κ3) is 3.89. The van der Waals surface area contributed by atoms with E-state index in [0.717, 1.165) is 0 Å². The summed E-state index contributed by atoms with van der Waals surface area (Å²) in [7, 11) is 3.41. The number of carbonyl (C=O) groups excluding carboxylic acids is 1. The highest BCUT2D eigenvalue weighted by molar-refractivity contribution is 5.90. The summed E-state index contributed by atoms with van der Waals surface area (Å²) in [6, 6.07) is 8.28. The van der Waals surface area contributed by atoms with Gasteiger partial charge in [-0.2, -0.15) is 0 Å². The van der Waals surface area contributed by atoms with Gasteiger partial charge in [-0.1, -0.05) is 24.0 Å². The Bertz CT molecular complexity index is 1260. The van der Waals surface area contributed by atoms with Crippen LogP contribution in [-0.4, -0.2) is 65.7 Å². The number of carboxylic acid groups (broad SMARTS) is 1. The van der Waals surface area contributed by atoms with Crippen LogP contribution in [0.2, 0.25) is 0 Å². The molecular formula is C22H19N5O4. The van der Waals surface area contributed by atoms with Crippen LogP contribution in [0, 0.1) is 11.8 Å². The van der Waals surface area contributed by atoms with Crippen molar-refractivity contribution in [1.29, 1.82) is 0 Å². The van der Waals surface area contributed by atoms with Crippen LogP contribution in [0.25, 0.3) is 22.8 Å². The number of carbonyl (C=O) groups is 2. The van der Waals surface area contributed by atoms with Gasteiger partial charge in [0, 0.05) is 38.2 Å². The van der Waals surface area contributed by atoms with Crippen molar-refractivity contribution in [2.24, 2.45) is 7.05 Å². The van der Waals surface area contributed by atoms with E-state index in [2.05, 4.69) is 26.8 Å². The number of hydrogen-bond acceptors (Lipinski definition) is 6. The largest absolute Gasteiger partial charge is 0.477 e. The van der Waals surface area contributed by atoms with Gasteiger partial charge in [0.1, 0.15) is 0 Å². The minimum absolute atomic E-state index is 0.147. The molecule has 1 unspecified atom stereocenters. The first-order chi connectivity index (χ1) is 14.8. The molecule has 4 rings (SSSR count). The number of aromatic carboxylic acids is 1. The van der Waals surface area contributed by atoms with E-state index in [-0.39, 0.29) is 17.9 Å². The minimum atomic E-state index is -1.70. The molecule has 1 amide bonds. The van der Waals surface area contributed by atoms with Gasteiger partial charge in [-0.3, -0.25) is 4.79 Å². The second kappa shape index (κ2) is 7.66. The molecule has 3 aromatic rings. The third-order valence-electron chi connectivity index (χ3n) is 5.07. The van der Waals surface area contributed by atoms with Crippen LogP contribution in [-0.2, 0) is 11.8 Å². The molecule has 2 N–H and O–H groups in total. The lowest BCUT2D eigenvalue weighted by atomic mass is 10.0. The summed E-state index contributed by atoms with van der Waals surface area (Å²) in [6.45, 7) is 0.441. The molecule has 0 spiro atoms. The van der Waals surface area contributed by atoms with Crippen LogP contribution in [0.4, 0.5) is 0 Å². The van der Waals surface area contributed by atoms with Crippen molar-refractivity contribution in [3.8, 4) is 34.6 Å². The standard InChI is InChI=1S/C22H19N5O4/c1-26-9-8-22(31,21(26)30)7-6-14-4-3-5-15(10-14)19-24-16(11-17(25-19)20(28)29)18-12-23-13-27(18)2/h3-5,10-13,31H,8-9H2,1-2H3,(H,28,29). The zero-order valence-corrected chi connectivity index (χ0v) is 16.9. The van der Waals surface area contributed by atoms with Crippen molar-refractivity contribution < 1.29 is 19.8 Å². The highest BCUT2D eigenvalue weighted by atomic mass is 16.4. The van der Waals surface area contributed by atoms with E-state index in [1.165, 1.54) is 11.0 Å². The molecule has 3 heterocycles. The maximum atomic E-state index is 12.1. The van der Waals surface area contributed by atoms with Gasteiger partial charge in [0.05, 0.1) is 23.9 Å². The van der Waals surface area contributed by atoms with Gasteiger partial charge in [0.25, 0.3) is 5.91 Å². The van der Waals surface area contributed by atoms with Crippen LogP contribution in [0.1, 0.15) is 22.5 Å². The fraction of sp³-hybridized carbons (Fsp3) is 0.227. The topological polar surface area (TPSA) is 121 Å². The third-order valence-corrected chi connectivity index (χ3v) is 5.07. The molecule has 0 saturated carbocycles. The summed E-state index contributed by atoms with van der Waals surface area (Å²) in [5.74, 6) is 4.14. The van der Waals surface area contributed by atoms with Crippen LogP contribution in [0.15, 0.2) is 42.9 Å². The number of rotatable bonds is 3. The number of aliphatic hydroxyl groups is 1. The number of hydrogen-bond donors (Lipinski definition) is 2. The van der Waals surface area contributed by atoms with Crippen molar-refractivity contribution >= 4 is 11.9 Å². The van der Waals surface area contributed by atoms with Gasteiger partial charge < -0.3 is 19.7 Å². The molecule has 1 saturated heterocycles. The van der Waals surface area contributed by atoms with Crippen LogP contribution in [0.3, 0.4) is 0 Å². The molecule has 0 radical (unpaired) electrons. The molecule has 1 aromatic carbocycles. The lowest BCUT2D eigenvalue weighted by Gasteiger charge is -2.13. The van der Waals surface area contributed by atoms with Gasteiger partial charge >= 0.3 is 5.97 Å². The van der Waals surface area contributed by atoms with E-state index in [4.69, 9.17) is 0 Å². The fourth-order valence-corrected chi connectivity index (χ4v) is 3.30. The number of aryl methyl sites for hydroxylation is 1. The Balaban J connectivity index is 1.74. The molecule has 1 aliphatic rings. The normalized spacial score (nSPS) is 18.0. The molecular weight excluding hydrogens is 398 g/mol. The number of imidazole rings is 1. The van der Waals surface area contributed by atoms with E-state index in [1.54, 1.807) is 55.5 Å². The molecule has 0 aliphatic carbocycles. The molecule has 2 aromatic heterocycles. The Kier molecular flexibility index (Phi) is 5.01. The van der Waals surface area contributed by atoms with Gasteiger partial charge in [-0.25, -0.2) is 19.7 Å². The summed E-state index contributed by atoms with van der Waals surface area (Å²) in [5.41, 5.74) is 0.324. The molecule has 156 valence electrons. The average molecular weight is 417 g/mol. The highest BCUT2D eigenvalue weighted by Gasteiger charge is 2.42. The smallest absolute Gasteiger partial charge is 0.354 e. The van der Waals surface area contributed by atoms with Gasteiger partial charge in [-0.05, 0) is 18.2 Å². The number of benzene rings is 1. The summed E-state index contributed by atoms with van der Waals surface area (Å²) >= 11 is 0. The molecule has 9 nitrogen and oxygen atoms in total. The van der Waals surface area contributed by atoms with Gasteiger partial charge in [0.15, 0.2) is 11.5 Å². The molecule has 0 bridgehead atoms. The first-order valence-electron chi connectivity index (χ1n) is 9.47. The second-order valence-electron chi connectivity index (χ2n) is 7.32. The number of likely N-dealkylation sites (N-methyl/N-ethyl adjacent to an activating group) is 1. The summed E-state index contributed by atoms with van der Waals surface area (Å²) in [6.07, 6.45) is 3.43. The number of likely N-dealkylation sites (tertiary alicyclic amines) is 1. The quantitative estimate of drug-likeness (QED) is 0.614. The Labute approximate surface area is 178 Å². The molecule has 31 heavy (non-hydrogen) atoms. The maximum absolute atomic E-state index is 12.1. The Morgan fingerprint density at radius 1 is 1.23 bits per heavy atom. The van der Waals surface area contributed by atoms with E-state index in [9.17, 15) is 19.8 Å². The van der Waals surface area contributed by atoms with E-state index in [1.807, 2.05) is 0 Å². The van der Waals surface area contributed by atoms with Gasteiger partial charge in [0.2, 0.25) is 5.60 Å². The number of aromatic nitrogens is 4. The number of carboxylic acids is 1. The lowest BCUT2D eigenvalue weighted by Crippen LogP contribution is -2.37. The van der Waals surface area contributed by atoms with Crippen LogP contribution < -0.4 is 0 Å². The average Bonchev–Trinajstić information content (AvgIpc) is 3.31. The fourth-order valence-electron chi connectivity index (χ4n) is 3.30. The predicted molar refractivity (Wildman–Crippen MR) is 111 cm³/mol. The molecule has 1 fully saturated rings. The minimum Gasteiger partial charge on any atom is -0.477 e. The van der Waals surface area contributed by atoms with Crippen molar-refractivity contribution in [2.75, 3.05) is 13.6 Å². The highest BCUT2D eigenvalue weighted by Crippen LogP contribution is 2.24. The number of nitrogens with zero attached hydrogens (tertiary/aromatic N) is 5. The Morgan fingerprint density at radius 2 is 2.03 bits per heavy atom. The van der Waals surface area contributed by atoms with E-state index >= 15 is 0 Å². The maximum Gasteiger partial charge on any atom is 0.354 e. The van der Waals surface area contributed by atoms with Crippen molar-refractivity contribution in [3.63, 3.8) is 0 Å². The van der Waals surface area contributed by atoms with E-state index in [0.29, 0.717) is 29.1 Å². The Morgan fingerprint density at radius 3 is 2.68 bits per heavy atom. The summed E-state index contributed by atoms with van der Waals surface area (Å²) in [4.78, 5) is 37.9. The van der Waals surface area contributed by atoms with Crippen LogP contribution >= 0.6 is 0 Å². The van der Waals surface area contributed by atoms with Crippen molar-refractivity contribution in [3.05, 3.63) is 54.1 Å². The molecule has 9 heteroatoms. The SMILES string of the molecule is CN1CCC(O)(C#Cc2cccc(-c3nc(C(=O)O)cc(-c4cncn4C)n3)c2)C1=O. The second-order valence-corrected chi connectivity index (χ2v) is 7.32.